The molecule has 0 atom stereocenters. The third-order valence-electron chi connectivity index (χ3n) is 3.43. The lowest BCUT2D eigenvalue weighted by atomic mass is 10.1. The second kappa shape index (κ2) is 7.66. The monoisotopic (exact) mass is 329 g/mol. The second-order valence-electron chi connectivity index (χ2n) is 5.12. The fourth-order valence-electron chi connectivity index (χ4n) is 2.36. The minimum absolute atomic E-state index is 0.0205. The first-order valence-electron chi connectivity index (χ1n) is 6.93. The third-order valence-corrected chi connectivity index (χ3v) is 4.02. The summed E-state index contributed by atoms with van der Waals surface area (Å²) in [6.45, 7) is -0.249. The number of amides is 1. The van der Waals surface area contributed by atoms with Crippen LogP contribution in [0.4, 0.5) is 0 Å². The summed E-state index contributed by atoms with van der Waals surface area (Å²) in [5, 5.41) is 3.78. The van der Waals surface area contributed by atoms with Gasteiger partial charge in [-0.15, -0.1) is 0 Å². The number of benzene rings is 1. The smallest absolute Gasteiger partial charge is 0.310 e. The molecule has 1 N–H and O–H groups in total. The summed E-state index contributed by atoms with van der Waals surface area (Å²) >= 11 is 11.8. The van der Waals surface area contributed by atoms with Crippen LogP contribution in [0.25, 0.3) is 0 Å². The normalized spacial score (nSPS) is 15.0. The van der Waals surface area contributed by atoms with Gasteiger partial charge in [0.2, 0.25) is 0 Å². The molecule has 0 aliphatic heterocycles. The second-order valence-corrected chi connectivity index (χ2v) is 5.97. The van der Waals surface area contributed by atoms with Crippen LogP contribution in [0.3, 0.4) is 0 Å². The molecule has 0 saturated heterocycles. The Morgan fingerprint density at radius 2 is 1.95 bits per heavy atom. The number of esters is 1. The first-order chi connectivity index (χ1) is 10.0. The van der Waals surface area contributed by atoms with Gasteiger partial charge in [0.1, 0.15) is 0 Å². The highest BCUT2D eigenvalue weighted by Crippen LogP contribution is 2.21. The molecule has 0 radical (unpaired) electrons. The predicted octanol–water partition coefficient (Wildman–Crippen LogP) is 3.14. The Morgan fingerprint density at radius 1 is 1.24 bits per heavy atom. The van der Waals surface area contributed by atoms with Crippen LogP contribution in [0.5, 0.6) is 0 Å². The topological polar surface area (TPSA) is 55.4 Å². The van der Waals surface area contributed by atoms with Gasteiger partial charge in [0.05, 0.1) is 6.42 Å². The number of nitrogens with one attached hydrogen (secondary N) is 1. The lowest BCUT2D eigenvalue weighted by Gasteiger charge is -2.12. The van der Waals surface area contributed by atoms with Crippen molar-refractivity contribution in [2.24, 2.45) is 0 Å². The number of halogens is 2. The zero-order chi connectivity index (χ0) is 15.2. The molecule has 1 aliphatic rings. The first kappa shape index (κ1) is 16.1. The molecule has 0 bridgehead atoms. The quantitative estimate of drug-likeness (QED) is 0.844. The molecule has 1 fully saturated rings. The molecule has 1 aromatic rings. The zero-order valence-corrected chi connectivity index (χ0v) is 13.0. The van der Waals surface area contributed by atoms with Gasteiger partial charge in [-0.25, -0.2) is 0 Å². The highest BCUT2D eigenvalue weighted by Gasteiger charge is 2.18. The van der Waals surface area contributed by atoms with Crippen LogP contribution in [0.1, 0.15) is 31.2 Å². The maximum Gasteiger partial charge on any atom is 0.310 e. The van der Waals surface area contributed by atoms with E-state index in [2.05, 4.69) is 5.32 Å². The Bertz CT molecular complexity index is 528. The Hall–Kier alpha value is -1.26. The van der Waals surface area contributed by atoms with Crippen molar-refractivity contribution < 1.29 is 14.3 Å². The van der Waals surface area contributed by atoms with Crippen LogP contribution in [0.15, 0.2) is 18.2 Å². The summed E-state index contributed by atoms with van der Waals surface area (Å²) in [5.41, 5.74) is 0.627. The van der Waals surface area contributed by atoms with Crippen molar-refractivity contribution in [3.63, 3.8) is 0 Å². The van der Waals surface area contributed by atoms with E-state index in [-0.39, 0.29) is 25.0 Å². The largest absolute Gasteiger partial charge is 0.455 e. The molecular weight excluding hydrogens is 313 g/mol. The summed E-state index contributed by atoms with van der Waals surface area (Å²) in [5.74, 6) is -0.738. The molecule has 0 unspecified atom stereocenters. The van der Waals surface area contributed by atoms with E-state index in [1.807, 2.05) is 0 Å². The molecule has 1 aliphatic carbocycles. The molecule has 1 saturated carbocycles. The molecule has 114 valence electrons. The average Bonchev–Trinajstić information content (AvgIpc) is 2.92. The molecule has 6 heteroatoms. The van der Waals surface area contributed by atoms with E-state index in [1.165, 1.54) is 0 Å². The maximum atomic E-state index is 11.7. The molecule has 1 amide bonds. The van der Waals surface area contributed by atoms with Crippen molar-refractivity contribution >= 4 is 35.1 Å². The van der Waals surface area contributed by atoms with Gasteiger partial charge >= 0.3 is 5.97 Å². The molecule has 1 aromatic carbocycles. The van der Waals surface area contributed by atoms with Crippen molar-refractivity contribution in [3.05, 3.63) is 33.8 Å². The molecule has 0 spiro atoms. The fourth-order valence-corrected chi connectivity index (χ4v) is 2.83. The summed E-state index contributed by atoms with van der Waals surface area (Å²) in [6.07, 6.45) is 4.30. The minimum atomic E-state index is -0.485. The van der Waals surface area contributed by atoms with Gasteiger partial charge in [0.15, 0.2) is 6.61 Å². The van der Waals surface area contributed by atoms with Crippen LogP contribution >= 0.6 is 23.2 Å². The number of carbonyl (C=O) groups is 2. The average molecular weight is 330 g/mol. The van der Waals surface area contributed by atoms with E-state index >= 15 is 0 Å². The predicted molar refractivity (Wildman–Crippen MR) is 81.5 cm³/mol. The van der Waals surface area contributed by atoms with E-state index in [1.54, 1.807) is 18.2 Å². The lowest BCUT2D eigenvalue weighted by molar-refractivity contribution is -0.148. The van der Waals surface area contributed by atoms with Crippen LogP contribution in [0, 0.1) is 0 Å². The SMILES string of the molecule is O=C(COC(=O)Cc1ccc(Cl)cc1Cl)NC1CCCC1. The highest BCUT2D eigenvalue weighted by molar-refractivity contribution is 6.35. The Morgan fingerprint density at radius 3 is 2.62 bits per heavy atom. The Labute approximate surface area is 133 Å². The van der Waals surface area contributed by atoms with E-state index in [4.69, 9.17) is 27.9 Å². The van der Waals surface area contributed by atoms with Gasteiger partial charge < -0.3 is 10.1 Å². The summed E-state index contributed by atoms with van der Waals surface area (Å²) < 4.78 is 4.96. The molecule has 0 aromatic heterocycles. The number of hydrogen-bond acceptors (Lipinski definition) is 3. The lowest BCUT2D eigenvalue weighted by Crippen LogP contribution is -2.36. The molecular formula is C15H17Cl2NO3. The Kier molecular flexibility index (Phi) is 5.88. The van der Waals surface area contributed by atoms with Crippen molar-refractivity contribution in [1.82, 2.24) is 5.32 Å². The van der Waals surface area contributed by atoms with Crippen LogP contribution < -0.4 is 5.32 Å². The van der Waals surface area contributed by atoms with E-state index in [9.17, 15) is 9.59 Å². The van der Waals surface area contributed by atoms with Gasteiger partial charge in [0.25, 0.3) is 5.91 Å². The zero-order valence-electron chi connectivity index (χ0n) is 11.5. The Balaban J connectivity index is 1.75. The van der Waals surface area contributed by atoms with Crippen molar-refractivity contribution in [2.75, 3.05) is 6.61 Å². The van der Waals surface area contributed by atoms with Crippen molar-refractivity contribution in [2.45, 2.75) is 38.1 Å². The van der Waals surface area contributed by atoms with Gasteiger partial charge in [-0.05, 0) is 30.5 Å². The number of rotatable bonds is 5. The van der Waals surface area contributed by atoms with Crippen LogP contribution in [-0.4, -0.2) is 24.5 Å². The van der Waals surface area contributed by atoms with Gasteiger partial charge in [-0.1, -0.05) is 42.1 Å². The maximum absolute atomic E-state index is 11.7. The summed E-state index contributed by atoms with van der Waals surface area (Å²) in [7, 11) is 0. The van der Waals surface area contributed by atoms with Crippen LogP contribution in [-0.2, 0) is 20.7 Å². The van der Waals surface area contributed by atoms with Crippen LogP contribution in [0.2, 0.25) is 10.0 Å². The minimum Gasteiger partial charge on any atom is -0.455 e. The van der Waals surface area contributed by atoms with Gasteiger partial charge in [-0.3, -0.25) is 9.59 Å². The molecule has 0 heterocycles. The first-order valence-corrected chi connectivity index (χ1v) is 7.69. The van der Waals surface area contributed by atoms with Crippen molar-refractivity contribution in [1.29, 1.82) is 0 Å². The van der Waals surface area contributed by atoms with E-state index in [0.29, 0.717) is 15.6 Å². The number of ether oxygens (including phenoxy) is 1. The fraction of sp³-hybridized carbons (Fsp3) is 0.467. The number of carbonyl (C=O) groups excluding carboxylic acids is 2. The van der Waals surface area contributed by atoms with Gasteiger partial charge in [-0.2, -0.15) is 0 Å². The summed E-state index contributed by atoms with van der Waals surface area (Å²) in [6, 6.07) is 5.12. The summed E-state index contributed by atoms with van der Waals surface area (Å²) in [4.78, 5) is 23.3. The van der Waals surface area contributed by atoms with Gasteiger partial charge in [0, 0.05) is 16.1 Å². The third kappa shape index (κ3) is 5.21. The number of hydrogen-bond donors (Lipinski definition) is 1. The molecule has 4 nitrogen and oxygen atoms in total. The van der Waals surface area contributed by atoms with Crippen molar-refractivity contribution in [3.8, 4) is 0 Å². The standard InChI is InChI=1S/C15H17Cl2NO3/c16-11-6-5-10(13(17)8-11)7-15(20)21-9-14(19)18-12-3-1-2-4-12/h5-6,8,12H,1-4,7,9H2,(H,18,19). The molecule has 2 rings (SSSR count). The van der Waals surface area contributed by atoms with E-state index in [0.717, 1.165) is 25.7 Å². The highest BCUT2D eigenvalue weighted by atomic mass is 35.5. The van der Waals surface area contributed by atoms with E-state index < -0.39 is 5.97 Å². The molecule has 21 heavy (non-hydrogen) atoms.